The number of H-pyrrole nitrogens is 1. The smallest absolute Gasteiger partial charge is 0.276 e. The van der Waals surface area contributed by atoms with E-state index in [9.17, 15) is 4.39 Å². The lowest BCUT2D eigenvalue weighted by Gasteiger charge is -1.99. The molecule has 2 heterocycles. The van der Waals surface area contributed by atoms with Crippen molar-refractivity contribution in [2.24, 2.45) is 0 Å². The molecule has 0 bridgehead atoms. The Hall–Kier alpha value is -2.70. The summed E-state index contributed by atoms with van der Waals surface area (Å²) in [5.41, 5.74) is 2.55. The number of benzene rings is 2. The molecule has 2 aromatic heterocycles. The predicted octanol–water partition coefficient (Wildman–Crippen LogP) is 5.24. The van der Waals surface area contributed by atoms with Crippen LogP contribution in [0, 0.1) is 5.82 Å². The molecule has 0 spiro atoms. The normalized spacial score (nSPS) is 11.0. The second-order valence-corrected chi connectivity index (χ2v) is 6.06. The van der Waals surface area contributed by atoms with Crippen molar-refractivity contribution in [3.05, 3.63) is 64.4 Å². The van der Waals surface area contributed by atoms with Crippen LogP contribution in [-0.2, 0) is 0 Å². The first-order valence-electron chi connectivity index (χ1n) is 7.21. The Morgan fingerprint density at radius 3 is 2.56 bits per heavy atom. The van der Waals surface area contributed by atoms with Gasteiger partial charge >= 0.3 is 0 Å². The highest BCUT2D eigenvalue weighted by Crippen LogP contribution is 2.31. The van der Waals surface area contributed by atoms with Crippen LogP contribution in [0.15, 0.2) is 53.1 Å². The lowest BCUT2D eigenvalue weighted by Crippen LogP contribution is -1.82. The Morgan fingerprint density at radius 2 is 1.80 bits per heavy atom. The van der Waals surface area contributed by atoms with Gasteiger partial charge in [0.1, 0.15) is 11.5 Å². The first-order chi connectivity index (χ1) is 12.1. The fraction of sp³-hybridized carbons (Fsp3) is 0. The zero-order chi connectivity index (χ0) is 17.4. The molecule has 4 aromatic rings. The number of rotatable bonds is 3. The van der Waals surface area contributed by atoms with Crippen LogP contribution in [0.1, 0.15) is 0 Å². The topological polar surface area (TPSA) is 67.6 Å². The van der Waals surface area contributed by atoms with Crippen LogP contribution < -0.4 is 0 Å². The summed E-state index contributed by atoms with van der Waals surface area (Å²) in [6, 6.07) is 12.7. The lowest BCUT2D eigenvalue weighted by atomic mass is 10.1. The first-order valence-corrected chi connectivity index (χ1v) is 7.96. The number of aromatic nitrogens is 4. The van der Waals surface area contributed by atoms with Gasteiger partial charge in [0.2, 0.25) is 5.82 Å². The highest BCUT2D eigenvalue weighted by Gasteiger charge is 2.15. The summed E-state index contributed by atoms with van der Waals surface area (Å²) in [5.74, 6) is 0.296. The van der Waals surface area contributed by atoms with Crippen LogP contribution >= 0.6 is 23.2 Å². The molecule has 8 heteroatoms. The third-order valence-corrected chi connectivity index (χ3v) is 4.09. The zero-order valence-corrected chi connectivity index (χ0v) is 14.0. The van der Waals surface area contributed by atoms with E-state index in [1.807, 2.05) is 0 Å². The van der Waals surface area contributed by atoms with Crippen LogP contribution in [0.3, 0.4) is 0 Å². The molecule has 124 valence electrons. The van der Waals surface area contributed by atoms with E-state index in [0.717, 1.165) is 5.56 Å². The quantitative estimate of drug-likeness (QED) is 0.532. The van der Waals surface area contributed by atoms with Gasteiger partial charge in [-0.05, 0) is 48.5 Å². The molecular weight excluding hydrogens is 366 g/mol. The summed E-state index contributed by atoms with van der Waals surface area (Å²) < 4.78 is 18.3. The van der Waals surface area contributed by atoms with Crippen molar-refractivity contribution >= 4 is 23.2 Å². The number of halogens is 3. The van der Waals surface area contributed by atoms with Crippen molar-refractivity contribution in [1.82, 2.24) is 20.3 Å². The van der Waals surface area contributed by atoms with Crippen molar-refractivity contribution in [3.63, 3.8) is 0 Å². The highest BCUT2D eigenvalue weighted by atomic mass is 35.5. The van der Waals surface area contributed by atoms with Crippen molar-refractivity contribution in [3.8, 4) is 34.2 Å². The van der Waals surface area contributed by atoms with E-state index in [-0.39, 0.29) is 11.7 Å². The number of nitrogens with one attached hydrogen (secondary N) is 1. The molecule has 1 N–H and O–H groups in total. The first kappa shape index (κ1) is 15.8. The molecule has 0 aliphatic carbocycles. The minimum atomic E-state index is -0.328. The van der Waals surface area contributed by atoms with Gasteiger partial charge in [-0.25, -0.2) is 4.39 Å². The maximum absolute atomic E-state index is 13.0. The van der Waals surface area contributed by atoms with Crippen LogP contribution in [0.2, 0.25) is 10.0 Å². The summed E-state index contributed by atoms with van der Waals surface area (Å²) >= 11 is 12.1. The lowest BCUT2D eigenvalue weighted by molar-refractivity contribution is 0.431. The molecule has 0 aliphatic rings. The fourth-order valence-corrected chi connectivity index (χ4v) is 2.82. The highest BCUT2D eigenvalue weighted by molar-refractivity contribution is 6.36. The predicted molar refractivity (Wildman–Crippen MR) is 92.7 cm³/mol. The SMILES string of the molecule is Fc1ccc(-c2noc(-c3cc(-c4ccc(Cl)cc4Cl)n[nH]3)n2)cc1. The van der Waals surface area contributed by atoms with Gasteiger partial charge in [0.15, 0.2) is 0 Å². The summed E-state index contributed by atoms with van der Waals surface area (Å²) in [6.45, 7) is 0. The average Bonchev–Trinajstić information content (AvgIpc) is 3.24. The van der Waals surface area contributed by atoms with Crippen molar-refractivity contribution in [2.75, 3.05) is 0 Å². The summed E-state index contributed by atoms with van der Waals surface area (Å²) in [5, 5.41) is 12.0. The third-order valence-electron chi connectivity index (χ3n) is 3.54. The molecule has 0 aliphatic heterocycles. The average molecular weight is 375 g/mol. The Bertz CT molecular complexity index is 1040. The van der Waals surface area contributed by atoms with Crippen LogP contribution in [0.4, 0.5) is 4.39 Å². The van der Waals surface area contributed by atoms with E-state index in [1.54, 1.807) is 36.4 Å². The molecular formula is C17H9Cl2FN4O. The number of hydrogen-bond acceptors (Lipinski definition) is 4. The molecule has 0 saturated carbocycles. The Labute approximate surface area is 151 Å². The summed E-state index contributed by atoms with van der Waals surface area (Å²) in [6.07, 6.45) is 0. The van der Waals surface area contributed by atoms with Crippen LogP contribution in [0.25, 0.3) is 34.2 Å². The number of nitrogens with zero attached hydrogens (tertiary/aromatic N) is 3. The standard InChI is InChI=1S/C17H9Cl2FN4O/c18-10-3-6-12(13(19)7-10)14-8-15(23-22-14)17-21-16(24-25-17)9-1-4-11(20)5-2-9/h1-8H,(H,22,23). The second kappa shape index (κ2) is 6.31. The summed E-state index contributed by atoms with van der Waals surface area (Å²) in [4.78, 5) is 4.30. The van der Waals surface area contributed by atoms with E-state index in [2.05, 4.69) is 20.3 Å². The van der Waals surface area contributed by atoms with Gasteiger partial charge in [-0.3, -0.25) is 5.10 Å². The minimum absolute atomic E-state index is 0.267. The molecule has 4 rings (SSSR count). The zero-order valence-electron chi connectivity index (χ0n) is 12.5. The van der Waals surface area contributed by atoms with Gasteiger partial charge in [0.25, 0.3) is 5.89 Å². The molecule has 0 radical (unpaired) electrons. The van der Waals surface area contributed by atoms with Gasteiger partial charge in [-0.1, -0.05) is 28.4 Å². The molecule has 0 fully saturated rings. The van der Waals surface area contributed by atoms with Crippen molar-refractivity contribution in [1.29, 1.82) is 0 Å². The fourth-order valence-electron chi connectivity index (χ4n) is 2.32. The third kappa shape index (κ3) is 3.14. The molecule has 25 heavy (non-hydrogen) atoms. The number of aromatic amines is 1. The Balaban J connectivity index is 1.65. The van der Waals surface area contributed by atoms with Gasteiger partial charge in [0, 0.05) is 16.1 Å². The minimum Gasteiger partial charge on any atom is -0.332 e. The van der Waals surface area contributed by atoms with Crippen LogP contribution in [-0.4, -0.2) is 20.3 Å². The van der Waals surface area contributed by atoms with Gasteiger partial charge in [-0.15, -0.1) is 0 Å². The van der Waals surface area contributed by atoms with Crippen molar-refractivity contribution in [2.45, 2.75) is 0 Å². The van der Waals surface area contributed by atoms with E-state index in [1.165, 1.54) is 12.1 Å². The maximum atomic E-state index is 13.0. The van der Waals surface area contributed by atoms with E-state index in [4.69, 9.17) is 27.7 Å². The molecule has 0 amide bonds. The molecule has 0 saturated heterocycles. The van der Waals surface area contributed by atoms with E-state index in [0.29, 0.717) is 32.8 Å². The summed E-state index contributed by atoms with van der Waals surface area (Å²) in [7, 11) is 0. The van der Waals surface area contributed by atoms with Crippen LogP contribution in [0.5, 0.6) is 0 Å². The second-order valence-electron chi connectivity index (χ2n) is 5.22. The van der Waals surface area contributed by atoms with Gasteiger partial charge < -0.3 is 4.52 Å². The largest absolute Gasteiger partial charge is 0.332 e. The Morgan fingerprint density at radius 1 is 1.00 bits per heavy atom. The van der Waals surface area contributed by atoms with Gasteiger partial charge in [0.05, 0.1) is 10.7 Å². The van der Waals surface area contributed by atoms with Gasteiger partial charge in [-0.2, -0.15) is 10.1 Å². The van der Waals surface area contributed by atoms with E-state index < -0.39 is 0 Å². The molecule has 2 aromatic carbocycles. The van der Waals surface area contributed by atoms with E-state index >= 15 is 0 Å². The molecule has 5 nitrogen and oxygen atoms in total. The monoisotopic (exact) mass is 374 g/mol. The Kier molecular flexibility index (Phi) is 3.99. The maximum Gasteiger partial charge on any atom is 0.276 e. The molecule has 0 atom stereocenters. The molecule has 0 unspecified atom stereocenters. The van der Waals surface area contributed by atoms with Crippen molar-refractivity contribution < 1.29 is 8.91 Å². The number of hydrogen-bond donors (Lipinski definition) is 1.